The van der Waals surface area contributed by atoms with Gasteiger partial charge in [0.05, 0.1) is 7.11 Å². The number of anilines is 1. The second kappa shape index (κ2) is 4.28. The van der Waals surface area contributed by atoms with Crippen molar-refractivity contribution >= 4 is 23.2 Å². The number of alkyl halides is 1. The number of carbonyl (C=O) groups excluding carboxylic acids is 1. The summed E-state index contributed by atoms with van der Waals surface area (Å²) in [6.45, 7) is 0. The lowest BCUT2D eigenvalue weighted by Gasteiger charge is -2.22. The van der Waals surface area contributed by atoms with Crippen LogP contribution in [-0.4, -0.2) is 13.0 Å². The molecule has 2 aromatic carbocycles. The minimum Gasteiger partial charge on any atom is -0.496 e. The highest BCUT2D eigenvalue weighted by Crippen LogP contribution is 2.48. The number of fused-ring (bicyclic) bond motifs is 1. The van der Waals surface area contributed by atoms with Crippen molar-refractivity contribution in [3.8, 4) is 5.75 Å². The molecule has 0 bridgehead atoms. The molecule has 96 valence electrons. The van der Waals surface area contributed by atoms with E-state index >= 15 is 0 Å². The Hall–Kier alpha value is -2.00. The molecule has 0 fully saturated rings. The van der Waals surface area contributed by atoms with Gasteiger partial charge in [0.1, 0.15) is 5.75 Å². The van der Waals surface area contributed by atoms with E-state index in [4.69, 9.17) is 16.3 Å². The summed E-state index contributed by atoms with van der Waals surface area (Å²) in [6, 6.07) is 14.7. The van der Waals surface area contributed by atoms with Gasteiger partial charge < -0.3 is 10.1 Å². The van der Waals surface area contributed by atoms with Crippen LogP contribution in [0.4, 0.5) is 5.69 Å². The number of halogens is 1. The van der Waals surface area contributed by atoms with Gasteiger partial charge in [0.2, 0.25) is 0 Å². The lowest BCUT2D eigenvalue weighted by atomic mass is 9.91. The van der Waals surface area contributed by atoms with Crippen LogP contribution in [0.3, 0.4) is 0 Å². The third-order valence-corrected chi connectivity index (χ3v) is 3.92. The molecule has 1 atom stereocenters. The molecule has 1 heterocycles. The Bertz CT molecular complexity index is 656. The largest absolute Gasteiger partial charge is 0.496 e. The Balaban J connectivity index is 2.26. The fraction of sp³-hybridized carbons (Fsp3) is 0.133. The number of para-hydroxylation sites is 2. The number of ether oxygens (including phenoxy) is 1. The monoisotopic (exact) mass is 273 g/mol. The summed E-state index contributed by atoms with van der Waals surface area (Å²) in [5.74, 6) is 0.351. The van der Waals surface area contributed by atoms with Crippen LogP contribution in [0.15, 0.2) is 48.5 Å². The van der Waals surface area contributed by atoms with Gasteiger partial charge in [-0.2, -0.15) is 0 Å². The Morgan fingerprint density at radius 2 is 1.68 bits per heavy atom. The fourth-order valence-corrected chi connectivity index (χ4v) is 2.79. The predicted molar refractivity (Wildman–Crippen MR) is 74.7 cm³/mol. The number of carbonyl (C=O) groups is 1. The van der Waals surface area contributed by atoms with E-state index in [1.807, 2.05) is 42.5 Å². The molecule has 0 aromatic heterocycles. The molecular weight excluding hydrogens is 262 g/mol. The van der Waals surface area contributed by atoms with Crippen LogP contribution >= 0.6 is 11.6 Å². The molecule has 3 rings (SSSR count). The van der Waals surface area contributed by atoms with E-state index in [9.17, 15) is 4.79 Å². The van der Waals surface area contributed by atoms with E-state index in [-0.39, 0.29) is 5.91 Å². The van der Waals surface area contributed by atoms with Gasteiger partial charge in [-0.15, -0.1) is 0 Å². The zero-order valence-corrected chi connectivity index (χ0v) is 11.1. The molecule has 0 radical (unpaired) electrons. The zero-order valence-electron chi connectivity index (χ0n) is 10.3. The van der Waals surface area contributed by atoms with Gasteiger partial charge >= 0.3 is 0 Å². The molecule has 0 saturated carbocycles. The lowest BCUT2D eigenvalue weighted by Crippen LogP contribution is -2.30. The lowest BCUT2D eigenvalue weighted by molar-refractivity contribution is -0.117. The SMILES string of the molecule is COc1ccccc1C1(Cl)C(=O)Nc2ccccc21. The summed E-state index contributed by atoms with van der Waals surface area (Å²) in [7, 11) is 1.57. The van der Waals surface area contributed by atoms with Crippen LogP contribution in [-0.2, 0) is 9.67 Å². The van der Waals surface area contributed by atoms with Crippen LogP contribution in [0.1, 0.15) is 11.1 Å². The van der Waals surface area contributed by atoms with Crippen molar-refractivity contribution in [1.82, 2.24) is 0 Å². The summed E-state index contributed by atoms with van der Waals surface area (Å²) in [5.41, 5.74) is 2.15. The van der Waals surface area contributed by atoms with Crippen molar-refractivity contribution in [3.05, 3.63) is 59.7 Å². The summed E-state index contributed by atoms with van der Waals surface area (Å²) in [5, 5.41) is 2.81. The number of rotatable bonds is 2. The number of amides is 1. The van der Waals surface area contributed by atoms with Crippen molar-refractivity contribution in [1.29, 1.82) is 0 Å². The molecule has 0 spiro atoms. The second-order valence-electron chi connectivity index (χ2n) is 4.36. The second-order valence-corrected chi connectivity index (χ2v) is 4.93. The average Bonchev–Trinajstić information content (AvgIpc) is 2.72. The molecule has 19 heavy (non-hydrogen) atoms. The van der Waals surface area contributed by atoms with Gasteiger partial charge in [0.25, 0.3) is 5.91 Å². The quantitative estimate of drug-likeness (QED) is 0.854. The smallest absolute Gasteiger partial charge is 0.254 e. The molecule has 2 aromatic rings. The zero-order chi connectivity index (χ0) is 13.5. The first kappa shape index (κ1) is 12.1. The van der Waals surface area contributed by atoms with Gasteiger partial charge in [0, 0.05) is 16.8 Å². The van der Waals surface area contributed by atoms with Crippen molar-refractivity contribution in [3.63, 3.8) is 0 Å². The van der Waals surface area contributed by atoms with Crippen LogP contribution in [0.2, 0.25) is 0 Å². The first-order chi connectivity index (χ1) is 9.17. The molecule has 1 aliphatic rings. The number of methoxy groups -OCH3 is 1. The first-order valence-electron chi connectivity index (χ1n) is 5.91. The van der Waals surface area contributed by atoms with Crippen LogP contribution < -0.4 is 10.1 Å². The number of hydrogen-bond acceptors (Lipinski definition) is 2. The first-order valence-corrected chi connectivity index (χ1v) is 6.29. The van der Waals surface area contributed by atoms with Gasteiger partial charge in [-0.3, -0.25) is 4.79 Å². The molecular formula is C15H12ClNO2. The average molecular weight is 274 g/mol. The van der Waals surface area contributed by atoms with Gasteiger partial charge in [-0.05, 0) is 12.1 Å². The molecule has 0 saturated heterocycles. The maximum absolute atomic E-state index is 12.3. The summed E-state index contributed by atoms with van der Waals surface area (Å²) < 4.78 is 5.32. The van der Waals surface area contributed by atoms with Crippen molar-refractivity contribution in [2.45, 2.75) is 4.87 Å². The van der Waals surface area contributed by atoms with E-state index in [1.165, 1.54) is 0 Å². The van der Waals surface area contributed by atoms with E-state index in [1.54, 1.807) is 13.2 Å². The molecule has 3 nitrogen and oxygen atoms in total. The number of hydrogen-bond donors (Lipinski definition) is 1. The number of nitrogens with one attached hydrogen (secondary N) is 1. The van der Waals surface area contributed by atoms with Crippen molar-refractivity contribution in [2.75, 3.05) is 12.4 Å². The normalized spacial score (nSPS) is 20.8. The Morgan fingerprint density at radius 3 is 2.42 bits per heavy atom. The number of benzene rings is 2. The highest BCUT2D eigenvalue weighted by Gasteiger charge is 2.48. The third kappa shape index (κ3) is 1.62. The summed E-state index contributed by atoms with van der Waals surface area (Å²) >= 11 is 6.67. The van der Waals surface area contributed by atoms with Gasteiger partial charge in [0.15, 0.2) is 4.87 Å². The van der Waals surface area contributed by atoms with E-state index in [0.717, 1.165) is 11.3 Å². The maximum Gasteiger partial charge on any atom is 0.254 e. The standard InChI is InChI=1S/C15H12ClNO2/c1-19-13-9-5-3-7-11(13)15(16)10-6-2-4-8-12(10)17-14(15)18/h2-9H,1H3,(H,17,18). The molecule has 0 aliphatic carbocycles. The van der Waals surface area contributed by atoms with Crippen molar-refractivity contribution < 1.29 is 9.53 Å². The Labute approximate surface area is 116 Å². The van der Waals surface area contributed by atoms with Crippen molar-refractivity contribution in [2.24, 2.45) is 0 Å². The fourth-order valence-electron chi connectivity index (χ4n) is 2.42. The minimum absolute atomic E-state index is 0.250. The Morgan fingerprint density at radius 1 is 1.05 bits per heavy atom. The Kier molecular flexibility index (Phi) is 2.72. The topological polar surface area (TPSA) is 38.3 Å². The minimum atomic E-state index is -1.23. The van der Waals surface area contributed by atoms with Gasteiger partial charge in [-0.1, -0.05) is 48.0 Å². The predicted octanol–water partition coefficient (Wildman–Crippen LogP) is 3.13. The molecule has 1 amide bonds. The summed E-state index contributed by atoms with van der Waals surface area (Å²) in [4.78, 5) is 11.1. The van der Waals surface area contributed by atoms with Crippen LogP contribution in [0, 0.1) is 0 Å². The van der Waals surface area contributed by atoms with Gasteiger partial charge in [-0.25, -0.2) is 0 Å². The maximum atomic E-state index is 12.3. The molecule has 1 N–H and O–H groups in total. The van der Waals surface area contributed by atoms with E-state index in [2.05, 4.69) is 5.32 Å². The van der Waals surface area contributed by atoms with E-state index in [0.29, 0.717) is 11.3 Å². The molecule has 1 aliphatic heterocycles. The third-order valence-electron chi connectivity index (χ3n) is 3.34. The highest BCUT2D eigenvalue weighted by molar-refractivity contribution is 6.41. The van der Waals surface area contributed by atoms with Crippen LogP contribution in [0.25, 0.3) is 0 Å². The molecule has 4 heteroatoms. The van der Waals surface area contributed by atoms with E-state index < -0.39 is 4.87 Å². The molecule has 1 unspecified atom stereocenters. The van der Waals surface area contributed by atoms with Crippen LogP contribution in [0.5, 0.6) is 5.75 Å². The summed E-state index contributed by atoms with van der Waals surface area (Å²) in [6.07, 6.45) is 0. The highest BCUT2D eigenvalue weighted by atomic mass is 35.5.